The van der Waals surface area contributed by atoms with Crippen molar-refractivity contribution in [3.63, 3.8) is 0 Å². The van der Waals surface area contributed by atoms with E-state index in [-0.39, 0.29) is 24.8 Å². The summed E-state index contributed by atoms with van der Waals surface area (Å²) in [6.07, 6.45) is 0.463. The Hall–Kier alpha value is -4.38. The molecular weight excluding hydrogens is 549 g/mol. The second kappa shape index (κ2) is 13.8. The number of carbonyl (C=O) groups is 3. The average molecular weight is 580 g/mol. The lowest BCUT2D eigenvalue weighted by atomic mass is 10.1. The zero-order chi connectivity index (χ0) is 29.4. The summed E-state index contributed by atoms with van der Waals surface area (Å²) in [4.78, 5) is 44.5. The summed E-state index contributed by atoms with van der Waals surface area (Å²) in [5, 5.41) is 2.40. The molecule has 41 heavy (non-hydrogen) atoms. The molecule has 1 N–H and O–H groups in total. The van der Waals surface area contributed by atoms with Crippen LogP contribution >= 0.6 is 11.8 Å². The number of amidine groups is 1. The maximum absolute atomic E-state index is 13.5. The standard InChI is InChI=1S/C30H30FN3O6S/c1-4-40-29(37)20-6-10-22(11-7-20)32-28(36)26-18-27(35)34(30(41-26)33-23-12-8-21(31)9-13-23)16-15-19-5-14-24(38-2)25(17-19)39-3/h5-14,17,26H,4,15-16,18H2,1-3H3,(H,32,36)/t26-/m1/s1. The van der Waals surface area contributed by atoms with Gasteiger partial charge in [-0.15, -0.1) is 0 Å². The Morgan fingerprint density at radius 1 is 1.02 bits per heavy atom. The predicted molar refractivity (Wildman–Crippen MR) is 155 cm³/mol. The molecule has 3 aromatic carbocycles. The number of esters is 1. The SMILES string of the molecule is CCOC(=O)c1ccc(NC(=O)[C@H]2CC(=O)N(CCc3ccc(OC)c(OC)c3)C(=Nc3ccc(F)cc3)S2)cc1. The van der Waals surface area contributed by atoms with Crippen molar-refractivity contribution in [2.24, 2.45) is 4.99 Å². The maximum Gasteiger partial charge on any atom is 0.338 e. The zero-order valence-electron chi connectivity index (χ0n) is 22.9. The van der Waals surface area contributed by atoms with Gasteiger partial charge >= 0.3 is 5.97 Å². The van der Waals surface area contributed by atoms with E-state index in [1.54, 1.807) is 56.4 Å². The van der Waals surface area contributed by atoms with E-state index >= 15 is 0 Å². The number of methoxy groups -OCH3 is 2. The second-order valence-electron chi connectivity index (χ2n) is 8.95. The van der Waals surface area contributed by atoms with Crippen molar-refractivity contribution in [2.45, 2.75) is 25.0 Å². The highest BCUT2D eigenvalue weighted by Crippen LogP contribution is 2.31. The number of halogens is 1. The molecule has 3 aromatic rings. The molecule has 214 valence electrons. The third-order valence-corrected chi connectivity index (χ3v) is 7.41. The molecular formula is C30H30FN3O6S. The summed E-state index contributed by atoms with van der Waals surface area (Å²) in [5.41, 5.74) is 2.22. The van der Waals surface area contributed by atoms with Crippen LogP contribution in [0, 0.1) is 5.82 Å². The number of benzene rings is 3. The second-order valence-corrected chi connectivity index (χ2v) is 10.1. The Bertz CT molecular complexity index is 1430. The van der Waals surface area contributed by atoms with Crippen molar-refractivity contribution in [3.05, 3.63) is 83.7 Å². The van der Waals surface area contributed by atoms with Gasteiger partial charge in [-0.05, 0) is 79.6 Å². The van der Waals surface area contributed by atoms with Crippen LogP contribution in [0.1, 0.15) is 29.3 Å². The van der Waals surface area contributed by atoms with E-state index < -0.39 is 17.0 Å². The highest BCUT2D eigenvalue weighted by atomic mass is 32.2. The molecule has 0 saturated carbocycles. The van der Waals surface area contributed by atoms with Crippen LogP contribution < -0.4 is 14.8 Å². The number of aliphatic imine (C=N–C) groups is 1. The number of amides is 2. The van der Waals surface area contributed by atoms with E-state index in [1.165, 1.54) is 24.3 Å². The first kappa shape index (κ1) is 29.6. The molecule has 0 radical (unpaired) electrons. The molecule has 1 heterocycles. The van der Waals surface area contributed by atoms with Gasteiger partial charge < -0.3 is 19.5 Å². The number of nitrogens with one attached hydrogen (secondary N) is 1. The van der Waals surface area contributed by atoms with Gasteiger partial charge in [-0.3, -0.25) is 14.5 Å². The van der Waals surface area contributed by atoms with E-state index in [9.17, 15) is 18.8 Å². The van der Waals surface area contributed by atoms with Crippen molar-refractivity contribution in [1.82, 2.24) is 4.90 Å². The molecule has 9 nitrogen and oxygen atoms in total. The van der Waals surface area contributed by atoms with Crippen molar-refractivity contribution in [3.8, 4) is 11.5 Å². The topological polar surface area (TPSA) is 107 Å². The van der Waals surface area contributed by atoms with E-state index in [4.69, 9.17) is 14.2 Å². The summed E-state index contributed by atoms with van der Waals surface area (Å²) < 4.78 is 29.2. The lowest BCUT2D eigenvalue weighted by molar-refractivity contribution is -0.129. The van der Waals surface area contributed by atoms with Gasteiger partial charge in [0.1, 0.15) is 11.1 Å². The van der Waals surface area contributed by atoms with Crippen LogP contribution in [-0.2, 0) is 20.7 Å². The smallest absolute Gasteiger partial charge is 0.338 e. The summed E-state index contributed by atoms with van der Waals surface area (Å²) >= 11 is 1.16. The van der Waals surface area contributed by atoms with Crippen molar-refractivity contribution in [1.29, 1.82) is 0 Å². The van der Waals surface area contributed by atoms with Crippen LogP contribution in [0.3, 0.4) is 0 Å². The number of ether oxygens (including phenoxy) is 3. The van der Waals surface area contributed by atoms with Gasteiger partial charge in [-0.1, -0.05) is 17.8 Å². The first-order valence-electron chi connectivity index (χ1n) is 12.9. The molecule has 0 aliphatic carbocycles. The van der Waals surface area contributed by atoms with Crippen LogP contribution in [0.25, 0.3) is 0 Å². The molecule has 0 spiro atoms. The van der Waals surface area contributed by atoms with Crippen LogP contribution in [-0.4, -0.2) is 60.5 Å². The third kappa shape index (κ3) is 7.63. The minimum atomic E-state index is -0.747. The van der Waals surface area contributed by atoms with E-state index in [0.717, 1.165) is 17.3 Å². The number of nitrogens with zero attached hydrogens (tertiary/aromatic N) is 2. The Labute approximate surface area is 241 Å². The first-order chi connectivity index (χ1) is 19.8. The van der Waals surface area contributed by atoms with E-state index in [0.29, 0.717) is 46.6 Å². The fourth-order valence-corrected chi connectivity index (χ4v) is 5.22. The number of carbonyl (C=O) groups excluding carboxylic acids is 3. The average Bonchev–Trinajstić information content (AvgIpc) is 2.98. The summed E-state index contributed by atoms with van der Waals surface area (Å²) in [5.74, 6) is -0.312. The molecule has 1 fully saturated rings. The van der Waals surface area contributed by atoms with Crippen molar-refractivity contribution in [2.75, 3.05) is 32.7 Å². The summed E-state index contributed by atoms with van der Waals surface area (Å²) in [6, 6.07) is 17.4. The summed E-state index contributed by atoms with van der Waals surface area (Å²) in [6.45, 7) is 2.29. The minimum Gasteiger partial charge on any atom is -0.493 e. The van der Waals surface area contributed by atoms with E-state index in [1.807, 2.05) is 12.1 Å². The molecule has 0 unspecified atom stereocenters. The predicted octanol–water partition coefficient (Wildman–Crippen LogP) is 5.22. The number of hydrogen-bond acceptors (Lipinski definition) is 8. The number of hydrogen-bond donors (Lipinski definition) is 1. The van der Waals surface area contributed by atoms with Gasteiger partial charge in [0.25, 0.3) is 0 Å². The van der Waals surface area contributed by atoms with Crippen LogP contribution in [0.15, 0.2) is 71.7 Å². The number of thioether (sulfide) groups is 1. The Balaban J connectivity index is 1.51. The normalized spacial score (nSPS) is 15.9. The van der Waals surface area contributed by atoms with Crippen molar-refractivity contribution >= 4 is 46.1 Å². The van der Waals surface area contributed by atoms with Crippen LogP contribution in [0.4, 0.5) is 15.8 Å². The van der Waals surface area contributed by atoms with Gasteiger partial charge in [-0.2, -0.15) is 0 Å². The largest absolute Gasteiger partial charge is 0.493 e. The van der Waals surface area contributed by atoms with Crippen molar-refractivity contribution < 1.29 is 33.0 Å². The van der Waals surface area contributed by atoms with Gasteiger partial charge in [-0.25, -0.2) is 14.2 Å². The Kier molecular flexibility index (Phi) is 9.96. The Morgan fingerprint density at radius 3 is 2.39 bits per heavy atom. The molecule has 0 bridgehead atoms. The fourth-order valence-electron chi connectivity index (χ4n) is 4.09. The molecule has 1 aliphatic rings. The highest BCUT2D eigenvalue weighted by Gasteiger charge is 2.36. The Morgan fingerprint density at radius 2 is 1.73 bits per heavy atom. The maximum atomic E-state index is 13.5. The van der Waals surface area contributed by atoms with Gasteiger partial charge in [0.15, 0.2) is 16.7 Å². The molecule has 2 amide bonds. The molecule has 1 saturated heterocycles. The fraction of sp³-hybridized carbons (Fsp3) is 0.267. The molecule has 1 aliphatic heterocycles. The molecule has 1 atom stereocenters. The molecule has 4 rings (SSSR count). The highest BCUT2D eigenvalue weighted by molar-refractivity contribution is 8.15. The van der Waals surface area contributed by atoms with Gasteiger partial charge in [0.05, 0.1) is 32.1 Å². The van der Waals surface area contributed by atoms with Crippen LogP contribution in [0.5, 0.6) is 11.5 Å². The first-order valence-corrected chi connectivity index (χ1v) is 13.8. The monoisotopic (exact) mass is 579 g/mol. The zero-order valence-corrected chi connectivity index (χ0v) is 23.7. The van der Waals surface area contributed by atoms with Gasteiger partial charge in [0.2, 0.25) is 11.8 Å². The molecule has 11 heteroatoms. The van der Waals surface area contributed by atoms with Gasteiger partial charge in [0, 0.05) is 18.7 Å². The molecule has 0 aromatic heterocycles. The third-order valence-electron chi connectivity index (χ3n) is 6.22. The quantitative estimate of drug-likeness (QED) is 0.328. The van der Waals surface area contributed by atoms with E-state index in [2.05, 4.69) is 10.3 Å². The number of anilines is 1. The summed E-state index contributed by atoms with van der Waals surface area (Å²) in [7, 11) is 3.12. The van der Waals surface area contributed by atoms with Crippen LogP contribution in [0.2, 0.25) is 0 Å². The number of rotatable bonds is 10. The lowest BCUT2D eigenvalue weighted by Gasteiger charge is -2.32. The minimum absolute atomic E-state index is 0.0359. The lowest BCUT2D eigenvalue weighted by Crippen LogP contribution is -2.46.